The van der Waals surface area contributed by atoms with Crippen LogP contribution in [-0.2, 0) is 10.8 Å². The Morgan fingerprint density at radius 2 is 0.819 bits per heavy atom. The molecule has 0 amide bonds. The number of hydrogen-bond acceptors (Lipinski definition) is 2. The summed E-state index contributed by atoms with van der Waals surface area (Å²) in [6.45, 7) is 4.71. The normalized spacial score (nSPS) is 13.6. The van der Waals surface area contributed by atoms with E-state index >= 15 is 0 Å². The lowest BCUT2D eigenvalue weighted by Crippen LogP contribution is -2.28. The van der Waals surface area contributed by atoms with Crippen LogP contribution in [0.4, 0.5) is 17.1 Å². The van der Waals surface area contributed by atoms with E-state index in [1.54, 1.807) is 0 Å². The fourth-order valence-corrected chi connectivity index (χ4v) is 12.4. The molecule has 0 saturated carbocycles. The summed E-state index contributed by atoms with van der Waals surface area (Å²) in [6, 6.07) is 95.9. The van der Waals surface area contributed by atoms with E-state index in [9.17, 15) is 0 Å². The fraction of sp³-hybridized carbons (Fsp3) is 0.0571. The van der Waals surface area contributed by atoms with Gasteiger partial charge in [-0.25, -0.2) is 0 Å². The molecule has 12 aromatic rings. The number of fused-ring (bicyclic) bond motifs is 9. The number of anilines is 3. The SMILES string of the molecule is CC1(C)c2ccccc2-c2ccc(N(c3ccc(-c4cccc5oc6ccccc6c45)cc3)c3cccc(-c4ccc(-c5ccc6c(c5)-c5ccccc5C6(c5ccccc5)c5ccccc5)cc4)c3)cc21. The smallest absolute Gasteiger partial charge is 0.136 e. The van der Waals surface area contributed by atoms with Crippen LogP contribution in [0.15, 0.2) is 265 Å². The molecule has 2 aliphatic carbocycles. The highest BCUT2D eigenvalue weighted by molar-refractivity contribution is 6.12. The van der Waals surface area contributed by atoms with Crippen molar-refractivity contribution in [2.24, 2.45) is 0 Å². The minimum absolute atomic E-state index is 0.137. The Kier molecular flexibility index (Phi) is 9.50. The standard InChI is InChI=1S/C70H49NO/c1-69(2)62-27-12-9-23-57(62)59-41-40-55(45-65(59)69)71(53-38-35-48(36-39-53)56-26-16-30-67-68(56)60-25-11-14-29-66(60)72-67)54-22-15-17-49(43-54)46-31-33-47(34-32-46)50-37-42-64-61(44-50)58-24-10-13-28-63(58)70(64,51-18-5-3-6-19-51)52-20-7-4-8-21-52/h3-45H,1-2H3. The molecule has 2 nitrogen and oxygen atoms in total. The first-order valence-corrected chi connectivity index (χ1v) is 25.1. The van der Waals surface area contributed by atoms with E-state index < -0.39 is 5.41 Å². The summed E-state index contributed by atoms with van der Waals surface area (Å²) in [5, 5.41) is 2.28. The number of benzene rings is 11. The number of hydrogen-bond donors (Lipinski definition) is 0. The average molecular weight is 920 g/mol. The van der Waals surface area contributed by atoms with Gasteiger partial charge in [0, 0.05) is 33.2 Å². The molecule has 0 atom stereocenters. The fourth-order valence-electron chi connectivity index (χ4n) is 12.4. The second-order valence-electron chi connectivity index (χ2n) is 20.0. The molecule has 0 unspecified atom stereocenters. The minimum Gasteiger partial charge on any atom is -0.456 e. The van der Waals surface area contributed by atoms with Crippen molar-refractivity contribution < 1.29 is 4.42 Å². The van der Waals surface area contributed by atoms with Crippen LogP contribution >= 0.6 is 0 Å². The number of nitrogens with zero attached hydrogens (tertiary/aromatic N) is 1. The topological polar surface area (TPSA) is 16.4 Å². The van der Waals surface area contributed by atoms with Crippen LogP contribution < -0.4 is 4.90 Å². The highest BCUT2D eigenvalue weighted by Gasteiger charge is 2.46. The van der Waals surface area contributed by atoms with Gasteiger partial charge in [-0.15, -0.1) is 0 Å². The predicted molar refractivity (Wildman–Crippen MR) is 300 cm³/mol. The molecule has 0 bridgehead atoms. The molecule has 72 heavy (non-hydrogen) atoms. The molecular weight excluding hydrogens is 871 g/mol. The molecule has 1 aromatic heterocycles. The van der Waals surface area contributed by atoms with E-state index in [4.69, 9.17) is 4.42 Å². The van der Waals surface area contributed by atoms with Crippen molar-refractivity contribution in [1.82, 2.24) is 0 Å². The predicted octanol–water partition coefficient (Wildman–Crippen LogP) is 18.7. The molecule has 11 aromatic carbocycles. The monoisotopic (exact) mass is 919 g/mol. The van der Waals surface area contributed by atoms with Crippen molar-refractivity contribution >= 4 is 39.0 Å². The molecule has 0 saturated heterocycles. The maximum absolute atomic E-state index is 6.30. The molecule has 2 aliphatic rings. The first-order chi connectivity index (χ1) is 35.4. The third-order valence-electron chi connectivity index (χ3n) is 15.8. The maximum atomic E-state index is 6.30. The largest absolute Gasteiger partial charge is 0.456 e. The second kappa shape index (κ2) is 16.3. The molecule has 0 fully saturated rings. The summed E-state index contributed by atoms with van der Waals surface area (Å²) in [5.41, 5.74) is 24.7. The van der Waals surface area contributed by atoms with Crippen LogP contribution in [0.1, 0.15) is 47.2 Å². The third kappa shape index (κ3) is 6.35. The van der Waals surface area contributed by atoms with Gasteiger partial charge in [0.2, 0.25) is 0 Å². The lowest BCUT2D eigenvalue weighted by atomic mass is 9.67. The Morgan fingerprint density at radius 3 is 1.56 bits per heavy atom. The summed E-state index contributed by atoms with van der Waals surface area (Å²) in [5.74, 6) is 0. The van der Waals surface area contributed by atoms with Gasteiger partial charge < -0.3 is 9.32 Å². The van der Waals surface area contributed by atoms with Crippen LogP contribution in [0, 0.1) is 0 Å². The molecule has 14 rings (SSSR count). The van der Waals surface area contributed by atoms with Crippen LogP contribution in [0.3, 0.4) is 0 Å². The van der Waals surface area contributed by atoms with E-state index in [-0.39, 0.29) is 5.41 Å². The minimum atomic E-state index is -0.414. The first-order valence-electron chi connectivity index (χ1n) is 25.1. The van der Waals surface area contributed by atoms with E-state index in [2.05, 4.69) is 267 Å². The first kappa shape index (κ1) is 41.9. The summed E-state index contributed by atoms with van der Waals surface area (Å²) < 4.78 is 6.30. The van der Waals surface area contributed by atoms with E-state index in [0.717, 1.165) is 55.7 Å². The van der Waals surface area contributed by atoms with Crippen molar-refractivity contribution in [2.45, 2.75) is 24.7 Å². The van der Waals surface area contributed by atoms with Crippen molar-refractivity contribution in [3.63, 3.8) is 0 Å². The van der Waals surface area contributed by atoms with Crippen LogP contribution in [0.25, 0.3) is 77.6 Å². The van der Waals surface area contributed by atoms with Crippen LogP contribution in [0.2, 0.25) is 0 Å². The highest BCUT2D eigenvalue weighted by Crippen LogP contribution is 2.57. The van der Waals surface area contributed by atoms with Gasteiger partial charge in [0.05, 0.1) is 5.41 Å². The van der Waals surface area contributed by atoms with Crippen molar-refractivity contribution in [2.75, 3.05) is 4.90 Å². The Hall–Kier alpha value is -8.98. The number of para-hydroxylation sites is 1. The van der Waals surface area contributed by atoms with Crippen molar-refractivity contribution in [3.8, 4) is 55.6 Å². The van der Waals surface area contributed by atoms with Gasteiger partial charge in [-0.05, 0) is 144 Å². The lowest BCUT2D eigenvalue weighted by molar-refractivity contribution is 0.660. The van der Waals surface area contributed by atoms with Gasteiger partial charge in [0.15, 0.2) is 0 Å². The third-order valence-corrected chi connectivity index (χ3v) is 15.8. The Labute approximate surface area is 420 Å². The average Bonchev–Trinajstić information content (AvgIpc) is 4.05. The van der Waals surface area contributed by atoms with Gasteiger partial charge >= 0.3 is 0 Å². The van der Waals surface area contributed by atoms with Gasteiger partial charge in [-0.1, -0.05) is 220 Å². The zero-order valence-electron chi connectivity index (χ0n) is 40.2. The van der Waals surface area contributed by atoms with Gasteiger partial charge in [-0.2, -0.15) is 0 Å². The zero-order chi connectivity index (χ0) is 48.0. The molecule has 340 valence electrons. The molecular formula is C70H49NO. The quantitative estimate of drug-likeness (QED) is 0.151. The van der Waals surface area contributed by atoms with Gasteiger partial charge in [0.1, 0.15) is 11.2 Å². The van der Waals surface area contributed by atoms with E-state index in [1.807, 2.05) is 12.1 Å². The van der Waals surface area contributed by atoms with Gasteiger partial charge in [-0.3, -0.25) is 0 Å². The van der Waals surface area contributed by atoms with E-state index in [0.29, 0.717) is 0 Å². The lowest BCUT2D eigenvalue weighted by Gasteiger charge is -2.33. The summed E-state index contributed by atoms with van der Waals surface area (Å²) >= 11 is 0. The summed E-state index contributed by atoms with van der Waals surface area (Å²) in [4.78, 5) is 2.42. The van der Waals surface area contributed by atoms with Crippen molar-refractivity contribution in [1.29, 1.82) is 0 Å². The summed E-state index contributed by atoms with van der Waals surface area (Å²) in [7, 11) is 0. The number of rotatable bonds is 8. The Balaban J connectivity index is 0.844. The zero-order valence-corrected chi connectivity index (χ0v) is 40.2. The number of furan rings is 1. The summed E-state index contributed by atoms with van der Waals surface area (Å²) in [6.07, 6.45) is 0. The molecule has 0 radical (unpaired) electrons. The van der Waals surface area contributed by atoms with Crippen molar-refractivity contribution in [3.05, 3.63) is 294 Å². The molecule has 0 spiro atoms. The molecule has 0 N–H and O–H groups in total. The molecule has 0 aliphatic heterocycles. The molecule has 2 heteroatoms. The van der Waals surface area contributed by atoms with Crippen LogP contribution in [-0.4, -0.2) is 0 Å². The van der Waals surface area contributed by atoms with E-state index in [1.165, 1.54) is 72.3 Å². The van der Waals surface area contributed by atoms with Crippen LogP contribution in [0.5, 0.6) is 0 Å². The maximum Gasteiger partial charge on any atom is 0.136 e. The second-order valence-corrected chi connectivity index (χ2v) is 20.0. The Morgan fingerprint density at radius 1 is 0.306 bits per heavy atom. The van der Waals surface area contributed by atoms with Gasteiger partial charge in [0.25, 0.3) is 0 Å². The molecule has 1 heterocycles. The highest BCUT2D eigenvalue weighted by atomic mass is 16.3. The Bertz CT molecular complexity index is 4010.